The van der Waals surface area contributed by atoms with E-state index in [9.17, 15) is 9.59 Å². The summed E-state index contributed by atoms with van der Waals surface area (Å²) in [7, 11) is 3.97. The molecule has 2 unspecified atom stereocenters. The van der Waals surface area contributed by atoms with Crippen molar-refractivity contribution in [2.24, 2.45) is 11.8 Å². The van der Waals surface area contributed by atoms with E-state index in [0.717, 1.165) is 59.8 Å². The third kappa shape index (κ3) is 3.51. The van der Waals surface area contributed by atoms with Crippen molar-refractivity contribution in [3.63, 3.8) is 0 Å². The van der Waals surface area contributed by atoms with Gasteiger partial charge >= 0.3 is 6.09 Å². The molecule has 0 bridgehead atoms. The molecule has 2 aliphatic heterocycles. The number of ether oxygens (including phenoxy) is 1. The van der Waals surface area contributed by atoms with Gasteiger partial charge in [-0.05, 0) is 56.2 Å². The molecule has 2 fully saturated rings. The number of nitrogens with zero attached hydrogens (tertiary/aromatic N) is 3. The number of amides is 1. The maximum absolute atomic E-state index is 13.2. The van der Waals surface area contributed by atoms with Gasteiger partial charge < -0.3 is 19.4 Å². The first-order valence-corrected chi connectivity index (χ1v) is 11.3. The minimum absolute atomic E-state index is 0.107. The minimum atomic E-state index is -0.470. The third-order valence-corrected chi connectivity index (χ3v) is 6.81. The van der Waals surface area contributed by atoms with Crippen LogP contribution >= 0.6 is 0 Å². The molecule has 2 aromatic rings. The van der Waals surface area contributed by atoms with Crippen molar-refractivity contribution in [2.75, 3.05) is 50.1 Å². The quantitative estimate of drug-likeness (QED) is 0.604. The van der Waals surface area contributed by atoms with E-state index in [0.29, 0.717) is 11.8 Å². The molecule has 2 aromatic carbocycles. The Labute approximate surface area is 189 Å². The second-order valence-corrected chi connectivity index (χ2v) is 10.5. The van der Waals surface area contributed by atoms with Gasteiger partial charge in [-0.25, -0.2) is 4.79 Å². The number of likely N-dealkylation sites (tertiary alicyclic amines) is 1. The Morgan fingerprint density at radius 3 is 2.09 bits per heavy atom. The summed E-state index contributed by atoms with van der Waals surface area (Å²) in [5, 5.41) is 0. The fourth-order valence-corrected chi connectivity index (χ4v) is 5.21. The Hall–Kier alpha value is -3.02. The molecule has 32 heavy (non-hydrogen) atoms. The van der Waals surface area contributed by atoms with Crippen LogP contribution in [0.25, 0.3) is 11.1 Å². The smallest absolute Gasteiger partial charge is 0.410 e. The van der Waals surface area contributed by atoms with Crippen LogP contribution in [0, 0.1) is 11.8 Å². The first kappa shape index (κ1) is 20.9. The summed E-state index contributed by atoms with van der Waals surface area (Å²) < 4.78 is 5.55. The number of hydrogen-bond acceptors (Lipinski definition) is 5. The molecular weight excluding hydrogens is 402 g/mol. The Kier molecular flexibility index (Phi) is 4.73. The summed E-state index contributed by atoms with van der Waals surface area (Å²) in [4.78, 5) is 31.8. The zero-order chi connectivity index (χ0) is 22.8. The lowest BCUT2D eigenvalue weighted by atomic mass is 10.0. The van der Waals surface area contributed by atoms with Gasteiger partial charge in [-0.2, -0.15) is 0 Å². The van der Waals surface area contributed by atoms with E-state index in [4.69, 9.17) is 4.74 Å². The van der Waals surface area contributed by atoms with E-state index >= 15 is 0 Å². The molecule has 0 saturated carbocycles. The standard InChI is InChI=1S/C26H31N3O3/c1-26(2,3)32-25(31)29-14-16-12-28(13-17(16)15-29)19-7-9-21-20-8-6-18(27(4)5)10-22(20)24(30)23(21)11-19/h6-11,16-17H,12-15H2,1-5H3. The lowest BCUT2D eigenvalue weighted by Crippen LogP contribution is -2.37. The van der Waals surface area contributed by atoms with Gasteiger partial charge in [0.2, 0.25) is 0 Å². The van der Waals surface area contributed by atoms with Crippen LogP contribution < -0.4 is 9.80 Å². The topological polar surface area (TPSA) is 53.1 Å². The van der Waals surface area contributed by atoms with Gasteiger partial charge in [0.05, 0.1) is 0 Å². The van der Waals surface area contributed by atoms with Gasteiger partial charge in [-0.3, -0.25) is 4.79 Å². The maximum atomic E-state index is 13.2. The molecule has 3 aliphatic rings. The average molecular weight is 434 g/mol. The van der Waals surface area contributed by atoms with Gasteiger partial charge in [0.25, 0.3) is 0 Å². The summed E-state index contributed by atoms with van der Waals surface area (Å²) in [6.07, 6.45) is -0.212. The minimum Gasteiger partial charge on any atom is -0.444 e. The second-order valence-electron chi connectivity index (χ2n) is 10.5. The molecule has 1 aliphatic carbocycles. The van der Waals surface area contributed by atoms with Crippen molar-refractivity contribution in [1.82, 2.24) is 4.90 Å². The Morgan fingerprint density at radius 2 is 1.50 bits per heavy atom. The molecule has 168 valence electrons. The highest BCUT2D eigenvalue weighted by atomic mass is 16.6. The molecule has 0 radical (unpaired) electrons. The lowest BCUT2D eigenvalue weighted by Gasteiger charge is -2.26. The summed E-state index contributed by atoms with van der Waals surface area (Å²) in [5.41, 5.74) is 5.28. The number of benzene rings is 2. The molecule has 2 atom stereocenters. The first-order valence-electron chi connectivity index (χ1n) is 11.3. The second kappa shape index (κ2) is 7.26. The molecule has 0 aromatic heterocycles. The van der Waals surface area contributed by atoms with E-state index in [2.05, 4.69) is 35.2 Å². The van der Waals surface area contributed by atoms with Crippen LogP contribution in [0.15, 0.2) is 36.4 Å². The number of hydrogen-bond donors (Lipinski definition) is 0. The van der Waals surface area contributed by atoms with Gasteiger partial charge in [0, 0.05) is 74.6 Å². The predicted molar refractivity (Wildman–Crippen MR) is 127 cm³/mol. The summed E-state index contributed by atoms with van der Waals surface area (Å²) in [6, 6.07) is 12.4. The maximum Gasteiger partial charge on any atom is 0.410 e. The molecule has 5 rings (SSSR count). The first-order chi connectivity index (χ1) is 15.1. The molecule has 2 saturated heterocycles. The molecule has 6 heteroatoms. The van der Waals surface area contributed by atoms with Crippen molar-refractivity contribution in [2.45, 2.75) is 26.4 Å². The van der Waals surface area contributed by atoms with Crippen LogP contribution in [0.4, 0.5) is 16.2 Å². The van der Waals surface area contributed by atoms with Crippen molar-refractivity contribution in [3.8, 4) is 11.1 Å². The lowest BCUT2D eigenvalue weighted by molar-refractivity contribution is 0.0282. The SMILES string of the molecule is CN(C)c1ccc2c(c1)C(=O)c1cc(N3CC4CN(C(=O)OC(C)(C)C)CC4C3)ccc1-2. The number of carbonyl (C=O) groups excluding carboxylic acids is 2. The van der Waals surface area contributed by atoms with Crippen LogP contribution in [-0.2, 0) is 4.74 Å². The van der Waals surface area contributed by atoms with Gasteiger partial charge in [-0.15, -0.1) is 0 Å². The number of carbonyl (C=O) groups is 2. The fraction of sp³-hybridized carbons (Fsp3) is 0.462. The molecule has 0 spiro atoms. The van der Waals surface area contributed by atoms with E-state index in [1.54, 1.807) is 0 Å². The predicted octanol–water partition coefficient (Wildman–Crippen LogP) is 4.27. The summed E-state index contributed by atoms with van der Waals surface area (Å²) in [5.74, 6) is 0.980. The monoisotopic (exact) mass is 433 g/mol. The third-order valence-electron chi connectivity index (χ3n) is 6.81. The zero-order valence-electron chi connectivity index (χ0n) is 19.5. The fourth-order valence-electron chi connectivity index (χ4n) is 5.21. The molecule has 2 heterocycles. The van der Waals surface area contributed by atoms with E-state index < -0.39 is 5.60 Å². The average Bonchev–Trinajstić information content (AvgIpc) is 3.37. The van der Waals surface area contributed by atoms with Crippen molar-refractivity contribution < 1.29 is 14.3 Å². The normalized spacial score (nSPS) is 21.5. The molecule has 6 nitrogen and oxygen atoms in total. The van der Waals surface area contributed by atoms with Crippen LogP contribution in [-0.4, -0.2) is 62.7 Å². The van der Waals surface area contributed by atoms with Crippen molar-refractivity contribution in [3.05, 3.63) is 47.5 Å². The molecule has 1 amide bonds. The molecular formula is C26H31N3O3. The van der Waals surface area contributed by atoms with E-state index in [1.807, 2.05) is 50.7 Å². The number of rotatable bonds is 2. The molecule has 0 N–H and O–H groups in total. The number of ketones is 1. The van der Waals surface area contributed by atoms with E-state index in [1.165, 1.54) is 0 Å². The summed E-state index contributed by atoms with van der Waals surface area (Å²) in [6.45, 7) is 8.97. The zero-order valence-corrected chi connectivity index (χ0v) is 19.5. The van der Waals surface area contributed by atoms with Crippen LogP contribution in [0.5, 0.6) is 0 Å². The van der Waals surface area contributed by atoms with Crippen LogP contribution in [0.2, 0.25) is 0 Å². The van der Waals surface area contributed by atoms with Gasteiger partial charge in [0.1, 0.15) is 5.60 Å². The largest absolute Gasteiger partial charge is 0.444 e. The van der Waals surface area contributed by atoms with E-state index in [-0.39, 0.29) is 11.9 Å². The Bertz CT molecular complexity index is 1090. The van der Waals surface area contributed by atoms with Gasteiger partial charge in [-0.1, -0.05) is 12.1 Å². The summed E-state index contributed by atoms with van der Waals surface area (Å²) >= 11 is 0. The highest BCUT2D eigenvalue weighted by molar-refractivity contribution is 6.22. The van der Waals surface area contributed by atoms with Crippen molar-refractivity contribution in [1.29, 1.82) is 0 Å². The van der Waals surface area contributed by atoms with Crippen LogP contribution in [0.1, 0.15) is 36.7 Å². The Balaban J connectivity index is 1.31. The Morgan fingerprint density at radius 1 is 0.906 bits per heavy atom. The van der Waals surface area contributed by atoms with Crippen molar-refractivity contribution >= 4 is 23.3 Å². The van der Waals surface area contributed by atoms with Crippen LogP contribution in [0.3, 0.4) is 0 Å². The number of fused-ring (bicyclic) bond motifs is 4. The highest BCUT2D eigenvalue weighted by Crippen LogP contribution is 2.41. The van der Waals surface area contributed by atoms with Gasteiger partial charge in [0.15, 0.2) is 5.78 Å². The highest BCUT2D eigenvalue weighted by Gasteiger charge is 2.43. The number of anilines is 2.